The first-order valence-electron chi connectivity index (χ1n) is 6.92. The zero-order valence-electron chi connectivity index (χ0n) is 11.6. The lowest BCUT2D eigenvalue weighted by molar-refractivity contribution is -0.135. The van der Waals surface area contributed by atoms with E-state index in [9.17, 15) is 9.18 Å². The fourth-order valence-electron chi connectivity index (χ4n) is 2.75. The minimum atomic E-state index is -0.369. The van der Waals surface area contributed by atoms with E-state index >= 15 is 0 Å². The number of amides is 1. The van der Waals surface area contributed by atoms with Crippen molar-refractivity contribution in [2.24, 2.45) is 11.7 Å². The minimum Gasteiger partial charge on any atom is -0.341 e. The Labute approximate surface area is 123 Å². The molecule has 3 nitrogen and oxygen atoms in total. The third-order valence-corrected chi connectivity index (χ3v) is 4.21. The van der Waals surface area contributed by atoms with Crippen LogP contribution in [-0.2, 0) is 11.3 Å². The first-order chi connectivity index (χ1) is 9.47. The van der Waals surface area contributed by atoms with E-state index < -0.39 is 0 Å². The quantitative estimate of drug-likeness (QED) is 0.932. The molecule has 1 fully saturated rings. The molecule has 1 aromatic carbocycles. The van der Waals surface area contributed by atoms with Gasteiger partial charge in [-0.05, 0) is 37.0 Å². The van der Waals surface area contributed by atoms with Crippen LogP contribution in [-0.4, -0.2) is 23.9 Å². The summed E-state index contributed by atoms with van der Waals surface area (Å²) in [5.41, 5.74) is 6.68. The number of nitrogens with two attached hydrogens (primary N) is 1. The van der Waals surface area contributed by atoms with Crippen molar-refractivity contribution in [3.8, 4) is 0 Å². The third kappa shape index (κ3) is 3.70. The monoisotopic (exact) mass is 298 g/mol. The molecule has 2 N–H and O–H groups in total. The normalized spacial score (nSPS) is 22.6. The molecule has 2 atom stereocenters. The van der Waals surface area contributed by atoms with Gasteiger partial charge in [-0.2, -0.15) is 0 Å². The molecule has 20 heavy (non-hydrogen) atoms. The minimum absolute atomic E-state index is 0.00275. The van der Waals surface area contributed by atoms with E-state index in [2.05, 4.69) is 0 Å². The second-order valence-corrected chi connectivity index (χ2v) is 5.96. The Morgan fingerprint density at radius 3 is 2.90 bits per heavy atom. The van der Waals surface area contributed by atoms with Gasteiger partial charge in [-0.15, -0.1) is 0 Å². The van der Waals surface area contributed by atoms with Crippen molar-refractivity contribution in [1.82, 2.24) is 4.90 Å². The van der Waals surface area contributed by atoms with Gasteiger partial charge in [-0.25, -0.2) is 4.39 Å². The molecule has 110 valence electrons. The van der Waals surface area contributed by atoms with Crippen LogP contribution in [0.5, 0.6) is 0 Å². The lowest BCUT2D eigenvalue weighted by Gasteiger charge is -2.29. The van der Waals surface area contributed by atoms with Gasteiger partial charge in [0.1, 0.15) is 5.82 Å². The van der Waals surface area contributed by atoms with Gasteiger partial charge in [-0.1, -0.05) is 24.1 Å². The first-order valence-corrected chi connectivity index (χ1v) is 7.29. The van der Waals surface area contributed by atoms with E-state index in [1.807, 2.05) is 0 Å². The standard InChI is InChI=1S/C15H20ClFN2O/c1-19(9-11-5-6-12(17)8-14(11)16)15(20)10-3-2-4-13(18)7-10/h5-6,8,10,13H,2-4,7,9,18H2,1H3. The molecule has 0 aliphatic heterocycles. The molecule has 0 spiro atoms. The Kier molecular flexibility index (Phi) is 5.00. The van der Waals surface area contributed by atoms with Crippen molar-refractivity contribution in [2.75, 3.05) is 7.05 Å². The lowest BCUT2D eigenvalue weighted by Crippen LogP contribution is -2.38. The van der Waals surface area contributed by atoms with Crippen LogP contribution in [0.4, 0.5) is 4.39 Å². The van der Waals surface area contributed by atoms with E-state index in [-0.39, 0.29) is 23.7 Å². The maximum Gasteiger partial charge on any atom is 0.225 e. The zero-order chi connectivity index (χ0) is 14.7. The Morgan fingerprint density at radius 2 is 2.25 bits per heavy atom. The predicted molar refractivity (Wildman–Crippen MR) is 77.8 cm³/mol. The largest absolute Gasteiger partial charge is 0.341 e. The number of nitrogens with zero attached hydrogens (tertiary/aromatic N) is 1. The molecular formula is C15H20ClFN2O. The van der Waals surface area contributed by atoms with Gasteiger partial charge in [0.2, 0.25) is 5.91 Å². The summed E-state index contributed by atoms with van der Waals surface area (Å²) in [5.74, 6) is -0.269. The molecule has 5 heteroatoms. The van der Waals surface area contributed by atoms with Gasteiger partial charge in [-0.3, -0.25) is 4.79 Å². The van der Waals surface area contributed by atoms with Crippen molar-refractivity contribution in [3.63, 3.8) is 0 Å². The molecule has 0 aromatic heterocycles. The summed E-state index contributed by atoms with van der Waals surface area (Å²) in [6.07, 6.45) is 3.65. The fraction of sp³-hybridized carbons (Fsp3) is 0.533. The van der Waals surface area contributed by atoms with Gasteiger partial charge in [0.15, 0.2) is 0 Å². The van der Waals surface area contributed by atoms with Crippen LogP contribution < -0.4 is 5.73 Å². The van der Waals surface area contributed by atoms with E-state index in [1.54, 1.807) is 18.0 Å². The first kappa shape index (κ1) is 15.3. The fourth-order valence-corrected chi connectivity index (χ4v) is 2.97. The highest BCUT2D eigenvalue weighted by molar-refractivity contribution is 6.31. The summed E-state index contributed by atoms with van der Waals surface area (Å²) in [7, 11) is 1.75. The van der Waals surface area contributed by atoms with Crippen molar-refractivity contribution >= 4 is 17.5 Å². The topological polar surface area (TPSA) is 46.3 Å². The third-order valence-electron chi connectivity index (χ3n) is 3.86. The SMILES string of the molecule is CN(Cc1ccc(F)cc1Cl)C(=O)C1CCCC(N)C1. The number of carbonyl (C=O) groups excluding carboxylic acids is 1. The molecule has 0 radical (unpaired) electrons. The Bertz CT molecular complexity index is 495. The molecule has 1 saturated carbocycles. The Morgan fingerprint density at radius 1 is 1.50 bits per heavy atom. The molecule has 1 amide bonds. The maximum atomic E-state index is 13.0. The van der Waals surface area contributed by atoms with Gasteiger partial charge < -0.3 is 10.6 Å². The zero-order valence-corrected chi connectivity index (χ0v) is 12.4. The van der Waals surface area contributed by atoms with E-state index in [0.717, 1.165) is 31.2 Å². The summed E-state index contributed by atoms with van der Waals surface area (Å²) in [5, 5.41) is 0.352. The number of hydrogen-bond acceptors (Lipinski definition) is 2. The van der Waals surface area contributed by atoms with Crippen LogP contribution in [0.3, 0.4) is 0 Å². The number of benzene rings is 1. The Hall–Kier alpha value is -1.13. The lowest BCUT2D eigenvalue weighted by atomic mass is 9.85. The van der Waals surface area contributed by atoms with Crippen molar-refractivity contribution < 1.29 is 9.18 Å². The average molecular weight is 299 g/mol. The number of halogens is 2. The van der Waals surface area contributed by atoms with Crippen molar-refractivity contribution in [2.45, 2.75) is 38.3 Å². The summed E-state index contributed by atoms with van der Waals surface area (Å²) in [6.45, 7) is 0.393. The van der Waals surface area contributed by atoms with E-state index in [1.165, 1.54) is 12.1 Å². The van der Waals surface area contributed by atoms with Crippen LogP contribution in [0.25, 0.3) is 0 Å². The predicted octanol–water partition coefficient (Wildman–Crippen LogP) is 2.96. The second-order valence-electron chi connectivity index (χ2n) is 5.55. The van der Waals surface area contributed by atoms with Crippen LogP contribution in [0.1, 0.15) is 31.2 Å². The smallest absolute Gasteiger partial charge is 0.225 e. The van der Waals surface area contributed by atoms with E-state index in [4.69, 9.17) is 17.3 Å². The number of carbonyl (C=O) groups is 1. The molecule has 1 aromatic rings. The highest BCUT2D eigenvalue weighted by atomic mass is 35.5. The second kappa shape index (κ2) is 6.55. The van der Waals surface area contributed by atoms with Crippen molar-refractivity contribution in [3.05, 3.63) is 34.6 Å². The van der Waals surface area contributed by atoms with Gasteiger partial charge in [0, 0.05) is 30.6 Å². The maximum absolute atomic E-state index is 13.0. The van der Waals surface area contributed by atoms with Gasteiger partial charge in [0.25, 0.3) is 0 Å². The molecule has 2 unspecified atom stereocenters. The molecule has 0 bridgehead atoms. The van der Waals surface area contributed by atoms with E-state index in [0.29, 0.717) is 11.6 Å². The molecular weight excluding hydrogens is 279 g/mol. The van der Waals surface area contributed by atoms with Crippen LogP contribution in [0.2, 0.25) is 5.02 Å². The van der Waals surface area contributed by atoms with Gasteiger partial charge >= 0.3 is 0 Å². The number of hydrogen-bond donors (Lipinski definition) is 1. The highest BCUT2D eigenvalue weighted by Gasteiger charge is 2.27. The molecule has 0 saturated heterocycles. The summed E-state index contributed by atoms with van der Waals surface area (Å²) < 4.78 is 13.0. The molecule has 1 aliphatic rings. The highest BCUT2D eigenvalue weighted by Crippen LogP contribution is 2.26. The van der Waals surface area contributed by atoms with Crippen LogP contribution in [0.15, 0.2) is 18.2 Å². The summed E-state index contributed by atoms with van der Waals surface area (Å²) in [4.78, 5) is 14.0. The summed E-state index contributed by atoms with van der Waals surface area (Å²) in [6, 6.07) is 4.37. The van der Waals surface area contributed by atoms with Crippen molar-refractivity contribution in [1.29, 1.82) is 0 Å². The summed E-state index contributed by atoms with van der Waals surface area (Å²) >= 11 is 5.99. The number of rotatable bonds is 3. The van der Waals surface area contributed by atoms with Crippen LogP contribution in [0, 0.1) is 11.7 Å². The average Bonchev–Trinajstić information content (AvgIpc) is 2.41. The van der Waals surface area contributed by atoms with Crippen LogP contribution >= 0.6 is 11.6 Å². The Balaban J connectivity index is 2.00. The molecule has 0 heterocycles. The molecule has 1 aliphatic carbocycles. The molecule has 2 rings (SSSR count). The van der Waals surface area contributed by atoms with Gasteiger partial charge in [0.05, 0.1) is 0 Å².